The predicted octanol–water partition coefficient (Wildman–Crippen LogP) is 3.38. The molecular formula is C14H25NO. The van der Waals surface area contributed by atoms with Crippen LogP contribution in [0.1, 0.15) is 51.9 Å². The number of carbonyl (C=O) groups is 1. The zero-order chi connectivity index (χ0) is 12.0. The molecule has 16 heavy (non-hydrogen) atoms. The summed E-state index contributed by atoms with van der Waals surface area (Å²) in [5.41, 5.74) is 0.162. The second-order valence-electron chi connectivity index (χ2n) is 5.23. The highest BCUT2D eigenvalue weighted by Gasteiger charge is 2.31. The molecule has 0 aromatic rings. The Hall–Kier alpha value is -0.790. The lowest BCUT2D eigenvalue weighted by Gasteiger charge is -2.33. The summed E-state index contributed by atoms with van der Waals surface area (Å²) < 4.78 is 0. The topological polar surface area (TPSA) is 20.3 Å². The molecule has 0 bridgehead atoms. The Balaban J connectivity index is 2.66. The average Bonchev–Trinajstić information content (AvgIpc) is 2.27. The zero-order valence-electron chi connectivity index (χ0n) is 11.0. The summed E-state index contributed by atoms with van der Waals surface area (Å²) in [6, 6.07) is 0. The van der Waals surface area contributed by atoms with Crippen LogP contribution in [0.15, 0.2) is 12.2 Å². The number of allylic oxidation sites excluding steroid dienone is 2. The van der Waals surface area contributed by atoms with Gasteiger partial charge in [0.05, 0.1) is 0 Å². The van der Waals surface area contributed by atoms with Crippen molar-refractivity contribution in [3.8, 4) is 0 Å². The number of nitrogens with zero attached hydrogens (tertiary/aromatic N) is 1. The Morgan fingerprint density at radius 1 is 1.44 bits per heavy atom. The smallest absolute Gasteiger partial charge is 0.222 e. The minimum atomic E-state index is 0.162. The van der Waals surface area contributed by atoms with Gasteiger partial charge in [0.15, 0.2) is 0 Å². The van der Waals surface area contributed by atoms with Crippen LogP contribution in [0.25, 0.3) is 0 Å². The normalized spacial score (nSPS) is 24.4. The Labute approximate surface area is 99.7 Å². The van der Waals surface area contributed by atoms with Gasteiger partial charge in [-0.25, -0.2) is 0 Å². The first kappa shape index (κ1) is 13.3. The van der Waals surface area contributed by atoms with E-state index in [4.69, 9.17) is 0 Å². The van der Waals surface area contributed by atoms with Crippen molar-refractivity contribution in [2.75, 3.05) is 14.1 Å². The second kappa shape index (κ2) is 6.07. The van der Waals surface area contributed by atoms with Crippen LogP contribution in [0.5, 0.6) is 0 Å². The van der Waals surface area contributed by atoms with Crippen LogP contribution in [-0.4, -0.2) is 24.9 Å². The molecule has 0 aromatic carbocycles. The largest absolute Gasteiger partial charge is 0.349 e. The first-order chi connectivity index (χ1) is 7.59. The predicted molar refractivity (Wildman–Crippen MR) is 68.3 cm³/mol. The van der Waals surface area contributed by atoms with E-state index in [0.717, 1.165) is 0 Å². The molecule has 0 saturated carbocycles. The fourth-order valence-electron chi connectivity index (χ4n) is 2.42. The summed E-state index contributed by atoms with van der Waals surface area (Å²) in [6.07, 6.45) is 12.5. The van der Waals surface area contributed by atoms with Gasteiger partial charge in [-0.1, -0.05) is 31.9 Å². The Morgan fingerprint density at radius 3 is 2.69 bits per heavy atom. The van der Waals surface area contributed by atoms with E-state index >= 15 is 0 Å². The average molecular weight is 223 g/mol. The van der Waals surface area contributed by atoms with Crippen molar-refractivity contribution in [1.82, 2.24) is 4.90 Å². The van der Waals surface area contributed by atoms with Gasteiger partial charge in [-0.2, -0.15) is 0 Å². The standard InChI is InChI=1S/C14H25NO/c1-4-5-9-14(10-7-6-8-11-14)12-13(16)15(2)3/h7,10H,4-6,8-9,11-12H2,1-3H3/t14-/m1/s1. The van der Waals surface area contributed by atoms with E-state index in [1.54, 1.807) is 4.90 Å². The van der Waals surface area contributed by atoms with E-state index in [0.29, 0.717) is 6.42 Å². The molecule has 2 heteroatoms. The van der Waals surface area contributed by atoms with Crippen molar-refractivity contribution in [2.24, 2.45) is 5.41 Å². The maximum absolute atomic E-state index is 11.9. The van der Waals surface area contributed by atoms with Gasteiger partial charge >= 0.3 is 0 Å². The summed E-state index contributed by atoms with van der Waals surface area (Å²) in [4.78, 5) is 13.6. The zero-order valence-corrected chi connectivity index (χ0v) is 11.0. The first-order valence-electron chi connectivity index (χ1n) is 6.47. The molecule has 1 aliphatic carbocycles. The van der Waals surface area contributed by atoms with Gasteiger partial charge in [0.2, 0.25) is 5.91 Å². The summed E-state index contributed by atoms with van der Waals surface area (Å²) in [5, 5.41) is 0. The Bertz CT molecular complexity index is 257. The molecule has 0 unspecified atom stereocenters. The van der Waals surface area contributed by atoms with E-state index in [-0.39, 0.29) is 11.3 Å². The monoisotopic (exact) mass is 223 g/mol. The molecule has 92 valence electrons. The summed E-state index contributed by atoms with van der Waals surface area (Å²) in [6.45, 7) is 2.22. The van der Waals surface area contributed by atoms with Crippen LogP contribution >= 0.6 is 0 Å². The van der Waals surface area contributed by atoms with Crippen LogP contribution in [0.3, 0.4) is 0 Å². The van der Waals surface area contributed by atoms with Crippen LogP contribution < -0.4 is 0 Å². The van der Waals surface area contributed by atoms with E-state index in [1.165, 1.54) is 38.5 Å². The molecule has 1 amide bonds. The quantitative estimate of drug-likeness (QED) is 0.654. The molecule has 0 spiro atoms. The van der Waals surface area contributed by atoms with Crippen molar-refractivity contribution in [3.63, 3.8) is 0 Å². The van der Waals surface area contributed by atoms with Crippen molar-refractivity contribution in [2.45, 2.75) is 51.9 Å². The maximum atomic E-state index is 11.9. The van der Waals surface area contributed by atoms with Gasteiger partial charge < -0.3 is 4.90 Å². The van der Waals surface area contributed by atoms with Gasteiger partial charge in [0.25, 0.3) is 0 Å². The van der Waals surface area contributed by atoms with Gasteiger partial charge in [0, 0.05) is 20.5 Å². The number of hydrogen-bond donors (Lipinski definition) is 0. The Kier molecular flexibility index (Phi) is 5.04. The molecule has 0 saturated heterocycles. The molecule has 1 rings (SSSR count). The number of amides is 1. The molecule has 1 aliphatic rings. The van der Waals surface area contributed by atoms with Crippen LogP contribution in [0.2, 0.25) is 0 Å². The number of rotatable bonds is 5. The number of carbonyl (C=O) groups excluding carboxylic acids is 1. The molecule has 1 atom stereocenters. The highest BCUT2D eigenvalue weighted by molar-refractivity contribution is 5.76. The third kappa shape index (κ3) is 3.66. The molecule has 2 nitrogen and oxygen atoms in total. The van der Waals surface area contributed by atoms with Gasteiger partial charge in [-0.15, -0.1) is 0 Å². The molecular weight excluding hydrogens is 198 g/mol. The summed E-state index contributed by atoms with van der Waals surface area (Å²) in [5.74, 6) is 0.266. The number of unbranched alkanes of at least 4 members (excludes halogenated alkanes) is 1. The van der Waals surface area contributed by atoms with Crippen molar-refractivity contribution >= 4 is 5.91 Å². The highest BCUT2D eigenvalue weighted by Crippen LogP contribution is 2.39. The molecule has 0 radical (unpaired) electrons. The van der Waals surface area contributed by atoms with Crippen molar-refractivity contribution in [3.05, 3.63) is 12.2 Å². The van der Waals surface area contributed by atoms with Crippen molar-refractivity contribution in [1.29, 1.82) is 0 Å². The van der Waals surface area contributed by atoms with E-state index in [1.807, 2.05) is 14.1 Å². The third-order valence-electron chi connectivity index (χ3n) is 3.55. The van der Waals surface area contributed by atoms with E-state index < -0.39 is 0 Å². The molecule has 0 N–H and O–H groups in total. The molecule has 0 fully saturated rings. The lowest BCUT2D eigenvalue weighted by atomic mass is 9.72. The van der Waals surface area contributed by atoms with Gasteiger partial charge in [-0.05, 0) is 31.1 Å². The van der Waals surface area contributed by atoms with Gasteiger partial charge in [-0.3, -0.25) is 4.79 Å². The summed E-state index contributed by atoms with van der Waals surface area (Å²) in [7, 11) is 3.70. The van der Waals surface area contributed by atoms with Crippen molar-refractivity contribution < 1.29 is 4.79 Å². The lowest BCUT2D eigenvalue weighted by Crippen LogP contribution is -2.31. The highest BCUT2D eigenvalue weighted by atomic mass is 16.2. The summed E-state index contributed by atoms with van der Waals surface area (Å²) >= 11 is 0. The Morgan fingerprint density at radius 2 is 2.19 bits per heavy atom. The van der Waals surface area contributed by atoms with Crippen LogP contribution in [0, 0.1) is 5.41 Å². The third-order valence-corrected chi connectivity index (χ3v) is 3.55. The SMILES string of the molecule is CCCC[C@@]1(CC(=O)N(C)C)C=CCCC1. The first-order valence-corrected chi connectivity index (χ1v) is 6.47. The van der Waals surface area contributed by atoms with E-state index in [2.05, 4.69) is 19.1 Å². The van der Waals surface area contributed by atoms with Crippen LogP contribution in [-0.2, 0) is 4.79 Å². The number of hydrogen-bond acceptors (Lipinski definition) is 1. The van der Waals surface area contributed by atoms with E-state index in [9.17, 15) is 4.79 Å². The fraction of sp³-hybridized carbons (Fsp3) is 0.786. The van der Waals surface area contributed by atoms with Gasteiger partial charge in [0.1, 0.15) is 0 Å². The fourth-order valence-corrected chi connectivity index (χ4v) is 2.42. The molecule has 0 aliphatic heterocycles. The lowest BCUT2D eigenvalue weighted by molar-refractivity contribution is -0.130. The minimum Gasteiger partial charge on any atom is -0.349 e. The maximum Gasteiger partial charge on any atom is 0.222 e. The minimum absolute atomic E-state index is 0.162. The van der Waals surface area contributed by atoms with Crippen LogP contribution in [0.4, 0.5) is 0 Å². The molecule has 0 heterocycles. The molecule has 0 aromatic heterocycles. The second-order valence-corrected chi connectivity index (χ2v) is 5.23.